The van der Waals surface area contributed by atoms with Crippen LogP contribution < -0.4 is 5.32 Å². The molecule has 0 aliphatic carbocycles. The summed E-state index contributed by atoms with van der Waals surface area (Å²) < 4.78 is 32.6. The largest absolute Gasteiger partial charge is 0.466 e. The van der Waals surface area contributed by atoms with Gasteiger partial charge in [0.05, 0.1) is 19.7 Å². The van der Waals surface area contributed by atoms with Crippen molar-refractivity contribution in [3.63, 3.8) is 0 Å². The predicted molar refractivity (Wildman–Crippen MR) is 132 cm³/mol. The maximum absolute atomic E-state index is 12.9. The molecule has 0 aromatic heterocycles. The van der Waals surface area contributed by atoms with Crippen LogP contribution in [0.1, 0.15) is 48.0 Å². The van der Waals surface area contributed by atoms with Gasteiger partial charge in [0.25, 0.3) is 0 Å². The summed E-state index contributed by atoms with van der Waals surface area (Å²) in [4.78, 5) is 62.6. The molecule has 15 nitrogen and oxygen atoms in total. The second-order valence-electron chi connectivity index (χ2n) is 9.19. The molecule has 1 rings (SSSR count). The van der Waals surface area contributed by atoms with Crippen molar-refractivity contribution in [3.05, 3.63) is 10.4 Å². The number of nitrogens with one attached hydrogen (secondary N) is 1. The number of hydrogen-bond donors (Lipinski definition) is 1. The molecule has 38 heavy (non-hydrogen) atoms. The zero-order valence-corrected chi connectivity index (χ0v) is 23.4. The molecule has 0 saturated carbocycles. The van der Waals surface area contributed by atoms with Crippen LogP contribution in [-0.2, 0) is 47.6 Å². The van der Waals surface area contributed by atoms with Gasteiger partial charge in [-0.2, -0.15) is 0 Å². The smallest absolute Gasteiger partial charge is 0.408 e. The Morgan fingerprint density at radius 3 is 2.18 bits per heavy atom. The Bertz CT molecular complexity index is 946. The van der Waals surface area contributed by atoms with Crippen molar-refractivity contribution < 1.29 is 52.4 Å². The maximum atomic E-state index is 12.9. The molecule has 0 spiro atoms. The lowest BCUT2D eigenvalue weighted by atomic mass is 9.89. The number of rotatable bonds is 10. The minimum Gasteiger partial charge on any atom is -0.466 e. The zero-order chi connectivity index (χ0) is 29.3. The number of hydrogen-bond acceptors (Lipinski definition) is 13. The van der Waals surface area contributed by atoms with Crippen molar-refractivity contribution in [3.8, 4) is 0 Å². The van der Waals surface area contributed by atoms with Crippen molar-refractivity contribution in [2.75, 3.05) is 19.9 Å². The molecule has 16 heteroatoms. The molecular weight excluding hydrogens is 528 g/mol. The van der Waals surface area contributed by atoms with E-state index in [-0.39, 0.29) is 6.42 Å². The van der Waals surface area contributed by atoms with E-state index in [1.54, 1.807) is 20.8 Å². The van der Waals surface area contributed by atoms with Gasteiger partial charge >= 0.3 is 30.0 Å². The van der Waals surface area contributed by atoms with Gasteiger partial charge in [0.15, 0.2) is 6.10 Å². The highest BCUT2D eigenvalue weighted by Crippen LogP contribution is 2.41. The van der Waals surface area contributed by atoms with E-state index in [0.29, 0.717) is 0 Å². The van der Waals surface area contributed by atoms with Crippen molar-refractivity contribution in [1.29, 1.82) is 0 Å². The number of thioether (sulfide) groups is 1. The summed E-state index contributed by atoms with van der Waals surface area (Å²) in [6.07, 6.45) is -5.41. The van der Waals surface area contributed by atoms with Gasteiger partial charge in [-0.3, -0.25) is 14.4 Å². The van der Waals surface area contributed by atoms with Crippen LogP contribution in [0.4, 0.5) is 4.79 Å². The molecule has 0 aromatic carbocycles. The van der Waals surface area contributed by atoms with E-state index < -0.39 is 77.5 Å². The highest BCUT2D eigenvalue weighted by atomic mass is 32.2. The minimum absolute atomic E-state index is 0.279. The van der Waals surface area contributed by atoms with E-state index in [0.717, 1.165) is 39.6 Å². The number of nitrogens with zero attached hydrogens (tertiary/aromatic N) is 3. The van der Waals surface area contributed by atoms with Crippen LogP contribution in [0.3, 0.4) is 0 Å². The number of azide groups is 1. The van der Waals surface area contributed by atoms with Crippen molar-refractivity contribution in [2.24, 2.45) is 5.11 Å². The van der Waals surface area contributed by atoms with Gasteiger partial charge in [0, 0.05) is 32.1 Å². The second kappa shape index (κ2) is 14.1. The standard InChI is InChI=1S/C22H34N4O11S/c1-11(27)33-14-9-22(38-8,19(30)32-7)36-18(16(14)25-20(31)37-21(4,5)6)17(35-13(3)29)15(10-24-26-23)34-12(2)28/h14-18H,9-10H2,1-8H3,(H,25,31)/t14-,15+,16+,17+,18+,22-/m0/s1. The van der Waals surface area contributed by atoms with Crippen molar-refractivity contribution in [1.82, 2.24) is 5.32 Å². The number of carbonyl (C=O) groups excluding carboxylic acids is 5. The summed E-state index contributed by atoms with van der Waals surface area (Å²) in [7, 11) is 1.12. The average molecular weight is 563 g/mol. The molecule has 1 aliphatic rings. The average Bonchev–Trinajstić information content (AvgIpc) is 2.78. The summed E-state index contributed by atoms with van der Waals surface area (Å²) in [5.74, 6) is -3.27. The third-order valence-electron chi connectivity index (χ3n) is 5.01. The topological polar surface area (TPSA) is 202 Å². The van der Waals surface area contributed by atoms with Gasteiger partial charge < -0.3 is 33.7 Å². The van der Waals surface area contributed by atoms with Crippen LogP contribution >= 0.6 is 11.8 Å². The Balaban J connectivity index is 3.80. The Labute approximate surface area is 224 Å². The fourth-order valence-corrected chi connectivity index (χ4v) is 4.54. The number of amides is 1. The van der Waals surface area contributed by atoms with Crippen LogP contribution in [0.2, 0.25) is 0 Å². The van der Waals surface area contributed by atoms with Gasteiger partial charge in [-0.1, -0.05) is 5.11 Å². The molecule has 0 bridgehead atoms. The molecule has 1 fully saturated rings. The van der Waals surface area contributed by atoms with Crippen LogP contribution in [0.25, 0.3) is 10.4 Å². The lowest BCUT2D eigenvalue weighted by Gasteiger charge is -2.48. The SMILES string of the molecule is COC(=O)[C@@]1(SC)C[C@H](OC(C)=O)[C@@H](NC(=O)OC(C)(C)C)[C@H]([C@H](OC(C)=O)[C@@H](CN=[N+]=[N-])OC(C)=O)O1. The summed E-state index contributed by atoms with van der Waals surface area (Å²) in [5.41, 5.74) is 7.93. The highest BCUT2D eigenvalue weighted by molar-refractivity contribution is 8.00. The molecule has 1 aliphatic heterocycles. The fraction of sp³-hybridized carbons (Fsp3) is 0.773. The van der Waals surface area contributed by atoms with Crippen LogP contribution in [0.15, 0.2) is 5.11 Å². The van der Waals surface area contributed by atoms with E-state index in [4.69, 9.17) is 34.0 Å². The Morgan fingerprint density at radius 2 is 1.74 bits per heavy atom. The Hall–Kier alpha value is -3.23. The van der Waals surface area contributed by atoms with E-state index >= 15 is 0 Å². The first-order chi connectivity index (χ1) is 17.6. The molecule has 1 heterocycles. The molecule has 0 aromatic rings. The summed E-state index contributed by atoms with van der Waals surface area (Å²) >= 11 is 0.909. The molecule has 214 valence electrons. The molecule has 1 N–H and O–H groups in total. The third kappa shape index (κ3) is 9.58. The lowest BCUT2D eigenvalue weighted by Crippen LogP contribution is -2.68. The van der Waals surface area contributed by atoms with Crippen LogP contribution in [-0.4, -0.2) is 90.9 Å². The first-order valence-corrected chi connectivity index (χ1v) is 12.6. The van der Waals surface area contributed by atoms with Crippen molar-refractivity contribution >= 4 is 41.7 Å². The van der Waals surface area contributed by atoms with Crippen LogP contribution in [0.5, 0.6) is 0 Å². The number of alkyl carbamates (subject to hydrolysis) is 1. The zero-order valence-electron chi connectivity index (χ0n) is 22.5. The molecule has 1 amide bonds. The molecule has 0 unspecified atom stereocenters. The first kappa shape index (κ1) is 32.8. The van der Waals surface area contributed by atoms with E-state index in [1.807, 2.05) is 0 Å². The highest BCUT2D eigenvalue weighted by Gasteiger charge is 2.58. The first-order valence-electron chi connectivity index (χ1n) is 11.4. The van der Waals surface area contributed by atoms with Crippen molar-refractivity contribution in [2.45, 2.75) is 89.0 Å². The number of esters is 4. The minimum atomic E-state index is -1.80. The van der Waals surface area contributed by atoms with E-state index in [1.165, 1.54) is 6.26 Å². The van der Waals surface area contributed by atoms with E-state index in [9.17, 15) is 24.0 Å². The number of carbonyl (C=O) groups is 5. The number of ether oxygens (including phenoxy) is 6. The summed E-state index contributed by atoms with van der Waals surface area (Å²) in [5, 5.41) is 5.98. The van der Waals surface area contributed by atoms with E-state index in [2.05, 4.69) is 15.3 Å². The third-order valence-corrected chi connectivity index (χ3v) is 6.10. The van der Waals surface area contributed by atoms with Gasteiger partial charge in [0.2, 0.25) is 4.93 Å². The molecule has 0 radical (unpaired) electrons. The molecular formula is C22H34N4O11S. The normalized spacial score (nSPS) is 24.5. The lowest BCUT2D eigenvalue weighted by molar-refractivity contribution is -0.219. The quantitative estimate of drug-likeness (QED) is 0.134. The monoisotopic (exact) mass is 562 g/mol. The second-order valence-corrected chi connectivity index (χ2v) is 10.3. The summed E-state index contributed by atoms with van der Waals surface area (Å²) in [6.45, 7) is 7.64. The Kier molecular flexibility index (Phi) is 12.1. The van der Waals surface area contributed by atoms with Gasteiger partial charge in [0.1, 0.15) is 23.9 Å². The molecule has 1 saturated heterocycles. The fourth-order valence-electron chi connectivity index (χ4n) is 3.75. The van der Waals surface area contributed by atoms with Gasteiger partial charge in [-0.25, -0.2) is 9.59 Å². The van der Waals surface area contributed by atoms with Crippen LogP contribution in [0, 0.1) is 0 Å². The van der Waals surface area contributed by atoms with Gasteiger partial charge in [-0.15, -0.1) is 11.8 Å². The predicted octanol–water partition coefficient (Wildman–Crippen LogP) is 2.01. The number of methoxy groups -OCH3 is 1. The molecule has 6 atom stereocenters. The summed E-state index contributed by atoms with van der Waals surface area (Å²) in [6, 6.07) is -1.30. The van der Waals surface area contributed by atoms with Gasteiger partial charge in [-0.05, 0) is 32.6 Å². The Morgan fingerprint density at radius 1 is 1.13 bits per heavy atom. The maximum Gasteiger partial charge on any atom is 0.408 e.